The van der Waals surface area contributed by atoms with Gasteiger partial charge >= 0.3 is 11.9 Å². The normalized spacial score (nSPS) is 17.2. The molecule has 0 spiro atoms. The highest BCUT2D eigenvalue weighted by molar-refractivity contribution is 5.89. The molecule has 0 bridgehead atoms. The number of aliphatic carboxylic acids is 1. The van der Waals surface area contributed by atoms with Gasteiger partial charge in [-0.25, -0.2) is 9.59 Å². The van der Waals surface area contributed by atoms with Gasteiger partial charge in [0.15, 0.2) is 6.10 Å². The molecule has 0 radical (unpaired) electrons. The van der Waals surface area contributed by atoms with Crippen LogP contribution >= 0.6 is 0 Å². The first-order valence-electron chi connectivity index (χ1n) is 11.8. The highest BCUT2D eigenvalue weighted by Gasteiger charge is 2.38. The number of amides is 1. The number of carbonyl (C=O) groups excluding carboxylic acids is 2. The van der Waals surface area contributed by atoms with Crippen molar-refractivity contribution in [2.75, 3.05) is 20.1 Å². The number of hydrogen-bond acceptors (Lipinski definition) is 7. The first-order valence-corrected chi connectivity index (χ1v) is 11.8. The molecule has 11 heteroatoms. The SMILES string of the molecule is CNC(=NC#N)NCCCC[C@H](N)C(=O)N1CCC[C@H]1C(=O)O[C@@H](CCc1ccccc1)C(=O)O. The molecule has 5 N–H and O–H groups in total. The van der Waals surface area contributed by atoms with Gasteiger partial charge in [0.25, 0.3) is 0 Å². The fourth-order valence-corrected chi connectivity index (χ4v) is 3.94. The van der Waals surface area contributed by atoms with E-state index in [1.165, 1.54) is 4.90 Å². The van der Waals surface area contributed by atoms with Crippen LogP contribution in [0.4, 0.5) is 0 Å². The zero-order valence-electron chi connectivity index (χ0n) is 20.0. The van der Waals surface area contributed by atoms with Gasteiger partial charge in [0.1, 0.15) is 6.04 Å². The van der Waals surface area contributed by atoms with Crippen molar-refractivity contribution in [3.05, 3.63) is 35.9 Å². The second kappa shape index (κ2) is 14.6. The summed E-state index contributed by atoms with van der Waals surface area (Å²) in [5, 5.41) is 23.8. The largest absolute Gasteiger partial charge is 0.479 e. The Morgan fingerprint density at radius 1 is 1.29 bits per heavy atom. The van der Waals surface area contributed by atoms with Crippen LogP contribution in [0.15, 0.2) is 35.3 Å². The quantitative estimate of drug-likeness (QED) is 0.109. The van der Waals surface area contributed by atoms with Crippen molar-refractivity contribution in [3.8, 4) is 6.19 Å². The van der Waals surface area contributed by atoms with Crippen LogP contribution < -0.4 is 16.4 Å². The second-order valence-electron chi connectivity index (χ2n) is 8.32. The Labute approximate surface area is 205 Å². The number of rotatable bonds is 12. The van der Waals surface area contributed by atoms with Gasteiger partial charge in [0, 0.05) is 20.1 Å². The zero-order chi connectivity index (χ0) is 25.6. The Morgan fingerprint density at radius 2 is 2.03 bits per heavy atom. The Hall–Kier alpha value is -3.65. The maximum absolute atomic E-state index is 12.9. The third-order valence-electron chi connectivity index (χ3n) is 5.83. The number of hydrogen-bond donors (Lipinski definition) is 4. The molecular weight excluding hydrogens is 452 g/mol. The number of aliphatic imine (C=N–C) groups is 1. The van der Waals surface area contributed by atoms with Crippen molar-refractivity contribution in [2.24, 2.45) is 10.7 Å². The van der Waals surface area contributed by atoms with E-state index in [4.69, 9.17) is 15.7 Å². The van der Waals surface area contributed by atoms with Gasteiger partial charge in [-0.05, 0) is 50.5 Å². The van der Waals surface area contributed by atoms with E-state index in [1.54, 1.807) is 13.2 Å². The van der Waals surface area contributed by atoms with Gasteiger partial charge in [-0.2, -0.15) is 5.26 Å². The lowest BCUT2D eigenvalue weighted by Gasteiger charge is -2.27. The number of carboxylic acids is 1. The molecule has 1 aliphatic rings. The molecule has 1 amide bonds. The number of carbonyl (C=O) groups is 3. The van der Waals surface area contributed by atoms with E-state index in [0.29, 0.717) is 57.6 Å². The van der Waals surface area contributed by atoms with E-state index < -0.39 is 30.1 Å². The van der Waals surface area contributed by atoms with E-state index in [1.807, 2.05) is 30.3 Å². The number of nitrogens with two attached hydrogens (primary N) is 1. The molecule has 1 saturated heterocycles. The molecule has 1 fully saturated rings. The van der Waals surface area contributed by atoms with E-state index in [2.05, 4.69) is 15.6 Å². The van der Waals surface area contributed by atoms with Crippen molar-refractivity contribution in [1.82, 2.24) is 15.5 Å². The van der Waals surface area contributed by atoms with Gasteiger partial charge in [0.2, 0.25) is 18.1 Å². The number of nitriles is 1. The van der Waals surface area contributed by atoms with Crippen molar-refractivity contribution >= 4 is 23.8 Å². The van der Waals surface area contributed by atoms with Gasteiger partial charge in [-0.3, -0.25) is 4.79 Å². The number of unbranched alkanes of at least 4 members (excludes halogenated alkanes) is 1. The van der Waals surface area contributed by atoms with E-state index >= 15 is 0 Å². The van der Waals surface area contributed by atoms with Crippen LogP contribution in [0.25, 0.3) is 0 Å². The summed E-state index contributed by atoms with van der Waals surface area (Å²) in [6, 6.07) is 7.77. The molecule has 190 valence electrons. The first-order chi connectivity index (χ1) is 16.9. The summed E-state index contributed by atoms with van der Waals surface area (Å²) in [7, 11) is 1.65. The predicted octanol–water partition coefficient (Wildman–Crippen LogP) is 0.750. The smallest absolute Gasteiger partial charge is 0.345 e. The van der Waals surface area contributed by atoms with Crippen LogP contribution in [0, 0.1) is 11.5 Å². The van der Waals surface area contributed by atoms with Crippen molar-refractivity contribution in [1.29, 1.82) is 5.26 Å². The van der Waals surface area contributed by atoms with Crippen LogP contribution in [-0.2, 0) is 25.5 Å². The molecule has 0 aromatic heterocycles. The molecule has 35 heavy (non-hydrogen) atoms. The summed E-state index contributed by atoms with van der Waals surface area (Å²) in [6.45, 7) is 0.937. The van der Waals surface area contributed by atoms with Crippen LogP contribution in [0.3, 0.4) is 0 Å². The zero-order valence-corrected chi connectivity index (χ0v) is 20.0. The number of carboxylic acid groups (broad SMARTS) is 1. The van der Waals surface area contributed by atoms with Gasteiger partial charge < -0.3 is 31.1 Å². The summed E-state index contributed by atoms with van der Waals surface area (Å²) >= 11 is 0. The lowest BCUT2D eigenvalue weighted by atomic mass is 10.1. The summed E-state index contributed by atoms with van der Waals surface area (Å²) in [5.74, 6) is -1.88. The molecule has 0 aliphatic carbocycles. The summed E-state index contributed by atoms with van der Waals surface area (Å²) in [5.41, 5.74) is 7.05. The maximum atomic E-state index is 12.9. The molecule has 1 aliphatic heterocycles. The molecule has 0 unspecified atom stereocenters. The summed E-state index contributed by atoms with van der Waals surface area (Å²) in [6.07, 6.45) is 3.84. The number of aryl methyl sites for hydroxylation is 1. The number of guanidine groups is 1. The molecule has 1 aromatic rings. The topological polar surface area (TPSA) is 170 Å². The fraction of sp³-hybridized carbons (Fsp3) is 0.542. The average Bonchev–Trinajstić information content (AvgIpc) is 3.35. The lowest BCUT2D eigenvalue weighted by Crippen LogP contribution is -2.49. The van der Waals surface area contributed by atoms with Gasteiger partial charge in [-0.15, -0.1) is 4.99 Å². The minimum Gasteiger partial charge on any atom is -0.479 e. The van der Waals surface area contributed by atoms with Crippen LogP contribution in [0.5, 0.6) is 0 Å². The minimum atomic E-state index is -1.28. The number of esters is 1. The standard InChI is InChI=1S/C24H34N6O5/c1-27-24(29-16-25)28-14-6-5-10-18(26)21(31)30-15-7-11-19(30)23(34)35-20(22(32)33)13-12-17-8-3-2-4-9-17/h2-4,8-9,18-20H,5-7,10-15,26H2,1H3,(H,32,33)(H2,27,28,29)/t18-,19-,20-/m0/s1. The Morgan fingerprint density at radius 3 is 2.69 bits per heavy atom. The second-order valence-corrected chi connectivity index (χ2v) is 8.32. The Balaban J connectivity index is 1.83. The lowest BCUT2D eigenvalue weighted by molar-refractivity contribution is -0.168. The van der Waals surface area contributed by atoms with E-state index in [9.17, 15) is 19.5 Å². The van der Waals surface area contributed by atoms with E-state index in [0.717, 1.165) is 5.56 Å². The fourth-order valence-electron chi connectivity index (χ4n) is 3.94. The molecule has 1 heterocycles. The summed E-state index contributed by atoms with van der Waals surface area (Å²) in [4.78, 5) is 42.3. The third-order valence-corrected chi connectivity index (χ3v) is 5.83. The summed E-state index contributed by atoms with van der Waals surface area (Å²) < 4.78 is 5.32. The van der Waals surface area contributed by atoms with E-state index in [-0.39, 0.29) is 12.3 Å². The molecule has 1 aromatic carbocycles. The number of nitrogens with zero attached hydrogens (tertiary/aromatic N) is 3. The first kappa shape index (κ1) is 27.6. The number of ether oxygens (including phenoxy) is 1. The molecule has 2 rings (SSSR count). The predicted molar refractivity (Wildman–Crippen MR) is 129 cm³/mol. The minimum absolute atomic E-state index is 0.146. The maximum Gasteiger partial charge on any atom is 0.345 e. The van der Waals surface area contributed by atoms with Gasteiger partial charge in [0.05, 0.1) is 6.04 Å². The highest BCUT2D eigenvalue weighted by Crippen LogP contribution is 2.21. The van der Waals surface area contributed by atoms with Crippen molar-refractivity contribution in [3.63, 3.8) is 0 Å². The monoisotopic (exact) mass is 486 g/mol. The van der Waals surface area contributed by atoms with Crippen LogP contribution in [0.2, 0.25) is 0 Å². The molecular formula is C24H34N6O5. The number of likely N-dealkylation sites (tertiary alicyclic amines) is 1. The van der Waals surface area contributed by atoms with Gasteiger partial charge in [-0.1, -0.05) is 30.3 Å². The molecule has 11 nitrogen and oxygen atoms in total. The number of nitrogens with one attached hydrogen (secondary N) is 2. The Kier molecular flexibility index (Phi) is 11.5. The van der Waals surface area contributed by atoms with Crippen LogP contribution in [0.1, 0.15) is 44.1 Å². The van der Waals surface area contributed by atoms with Crippen molar-refractivity contribution < 1.29 is 24.2 Å². The average molecular weight is 487 g/mol. The molecule has 0 saturated carbocycles. The highest BCUT2D eigenvalue weighted by atomic mass is 16.6. The van der Waals surface area contributed by atoms with Crippen molar-refractivity contribution in [2.45, 2.75) is 63.1 Å². The number of benzene rings is 1. The third kappa shape index (κ3) is 8.90. The van der Waals surface area contributed by atoms with Crippen LogP contribution in [-0.4, -0.2) is 72.1 Å². The molecule has 3 atom stereocenters. The Bertz CT molecular complexity index is 917.